The van der Waals surface area contributed by atoms with Gasteiger partial charge in [0.2, 0.25) is 5.82 Å². The minimum atomic E-state index is -2.84. The van der Waals surface area contributed by atoms with Crippen LogP contribution in [0.4, 0.5) is 0 Å². The Hall–Kier alpha value is -4.84. The summed E-state index contributed by atoms with van der Waals surface area (Å²) in [6.07, 6.45) is 1.18. The van der Waals surface area contributed by atoms with Crippen LogP contribution in [-0.4, -0.2) is 41.3 Å². The van der Waals surface area contributed by atoms with E-state index in [0.29, 0.717) is 24.5 Å². The summed E-state index contributed by atoms with van der Waals surface area (Å²) in [4.78, 5) is 29.8. The topological polar surface area (TPSA) is 162 Å². The van der Waals surface area contributed by atoms with Crippen molar-refractivity contribution in [3.63, 3.8) is 0 Å². The summed E-state index contributed by atoms with van der Waals surface area (Å²) >= 11 is 0. The van der Waals surface area contributed by atoms with E-state index in [1.807, 2.05) is 55.5 Å². The molecule has 5 aromatic rings. The number of ether oxygens (including phenoxy) is 1. The number of aliphatic hydroxyl groups is 1. The van der Waals surface area contributed by atoms with Gasteiger partial charge in [-0.15, -0.1) is 10.2 Å². The first kappa shape index (κ1) is 25.1. The van der Waals surface area contributed by atoms with Gasteiger partial charge in [-0.3, -0.25) is 0 Å². The fraction of sp³-hybridized carbons (Fsp3) is 0.310. The average Bonchev–Trinajstić information content (AvgIpc) is 3.69. The first-order valence-corrected chi connectivity index (χ1v) is 13.0. The van der Waals surface area contributed by atoms with Crippen LogP contribution in [-0.2, 0) is 29.9 Å². The van der Waals surface area contributed by atoms with Crippen molar-refractivity contribution in [1.82, 2.24) is 30.2 Å². The largest absolute Gasteiger partial charge is 0.519 e. The zero-order chi connectivity index (χ0) is 30.9. The number of aryl methyl sites for hydroxylation is 2. The van der Waals surface area contributed by atoms with Crippen LogP contribution in [0.25, 0.3) is 22.5 Å². The van der Waals surface area contributed by atoms with Crippen LogP contribution in [0.5, 0.6) is 0 Å². The van der Waals surface area contributed by atoms with Gasteiger partial charge in [0.25, 0.3) is 0 Å². The molecular formula is C29H30N6O6. The van der Waals surface area contributed by atoms with Crippen molar-refractivity contribution in [2.45, 2.75) is 59.2 Å². The van der Waals surface area contributed by atoms with Crippen molar-refractivity contribution in [3.05, 3.63) is 93.4 Å². The lowest BCUT2D eigenvalue weighted by molar-refractivity contribution is 0.0395. The van der Waals surface area contributed by atoms with Crippen LogP contribution < -0.4 is 5.82 Å². The Morgan fingerprint density at radius 2 is 1.88 bits per heavy atom. The van der Waals surface area contributed by atoms with Gasteiger partial charge < -0.3 is 23.2 Å². The van der Waals surface area contributed by atoms with E-state index in [4.69, 9.17) is 16.3 Å². The predicted molar refractivity (Wildman–Crippen MR) is 147 cm³/mol. The number of imidazole rings is 1. The first-order valence-electron chi connectivity index (χ1n) is 14.0. The molecule has 2 N–H and O–H groups in total. The quantitative estimate of drug-likeness (QED) is 0.237. The Morgan fingerprint density at radius 1 is 1.15 bits per heavy atom. The van der Waals surface area contributed by atoms with Gasteiger partial charge in [0, 0.05) is 18.5 Å². The van der Waals surface area contributed by atoms with Crippen LogP contribution in [0.2, 0.25) is 0 Å². The van der Waals surface area contributed by atoms with Crippen LogP contribution >= 0.6 is 0 Å². The Kier molecular flexibility index (Phi) is 6.95. The molecule has 0 saturated carbocycles. The fourth-order valence-electron chi connectivity index (χ4n) is 4.48. The SMILES string of the molecule is [2H]C([2H])(OC(=O)c1c(C(C)(C)O)nc(CCC)n1Cc1ccc(-c2ccccc2-c2nn[nH]n2)cc1)c1oc(=O)oc1C. The second-order valence-electron chi connectivity index (χ2n) is 9.93. The number of carbonyl (C=O) groups excluding carboxylic acids is 1. The first-order chi connectivity index (χ1) is 20.4. The van der Waals surface area contributed by atoms with Crippen LogP contribution in [0.15, 0.2) is 62.2 Å². The number of esters is 1. The van der Waals surface area contributed by atoms with E-state index in [2.05, 4.69) is 25.6 Å². The molecule has 0 fully saturated rings. The highest BCUT2D eigenvalue weighted by molar-refractivity contribution is 5.89. The highest BCUT2D eigenvalue weighted by Gasteiger charge is 2.33. The van der Waals surface area contributed by atoms with E-state index in [0.717, 1.165) is 22.3 Å². The van der Waals surface area contributed by atoms with Crippen molar-refractivity contribution >= 4 is 5.97 Å². The zero-order valence-corrected chi connectivity index (χ0v) is 23.0. The zero-order valence-electron chi connectivity index (χ0n) is 25.0. The Balaban J connectivity index is 1.52. The van der Waals surface area contributed by atoms with E-state index >= 15 is 0 Å². The van der Waals surface area contributed by atoms with Crippen LogP contribution in [0, 0.1) is 6.92 Å². The standard InChI is InChI=1S/C29H30N6O6/c1-5-8-23-30-25(29(3,4)38)24(27(36)39-16-22-17(2)40-28(37)41-22)35(23)15-18-11-13-19(14-12-18)20-9-6-7-10-21(20)26-31-33-34-32-26/h6-7,9-14,38H,5,8,15-16H2,1-4H3,(H,31,32,33,34)/i16D2. The number of carbonyl (C=O) groups is 1. The second kappa shape index (κ2) is 11.3. The number of benzene rings is 2. The van der Waals surface area contributed by atoms with Gasteiger partial charge >= 0.3 is 11.8 Å². The van der Waals surface area contributed by atoms with Gasteiger partial charge in [-0.2, -0.15) is 5.21 Å². The summed E-state index contributed by atoms with van der Waals surface area (Å²) in [6, 6.07) is 15.3. The summed E-state index contributed by atoms with van der Waals surface area (Å²) in [5.41, 5.74) is 1.79. The number of hydrogen-bond donors (Lipinski definition) is 2. The number of nitrogens with zero attached hydrogens (tertiary/aromatic N) is 5. The third kappa shape index (κ3) is 5.87. The Bertz CT molecular complexity index is 1800. The lowest BCUT2D eigenvalue weighted by atomic mass is 9.98. The molecule has 0 saturated heterocycles. The lowest BCUT2D eigenvalue weighted by Crippen LogP contribution is -2.23. The highest BCUT2D eigenvalue weighted by atomic mass is 16.6. The maximum Gasteiger partial charge on any atom is 0.519 e. The molecule has 0 atom stereocenters. The molecule has 5 rings (SSSR count). The number of rotatable bonds is 10. The number of H-pyrrole nitrogens is 1. The molecule has 0 aliphatic rings. The molecule has 0 aliphatic heterocycles. The van der Waals surface area contributed by atoms with Gasteiger partial charge in [0.15, 0.2) is 23.8 Å². The van der Waals surface area contributed by atoms with E-state index in [1.54, 1.807) is 4.57 Å². The Labute approximate surface area is 237 Å². The normalized spacial score (nSPS) is 12.7. The van der Waals surface area contributed by atoms with Crippen molar-refractivity contribution in [3.8, 4) is 22.5 Å². The smallest absolute Gasteiger partial charge is 0.453 e. The summed E-state index contributed by atoms with van der Waals surface area (Å²) in [5, 5.41) is 25.3. The van der Waals surface area contributed by atoms with E-state index in [9.17, 15) is 14.7 Å². The molecule has 41 heavy (non-hydrogen) atoms. The average molecular weight is 561 g/mol. The van der Waals surface area contributed by atoms with E-state index in [-0.39, 0.29) is 23.7 Å². The van der Waals surface area contributed by atoms with Gasteiger partial charge in [0.05, 0.1) is 2.74 Å². The maximum absolute atomic E-state index is 13.6. The predicted octanol–water partition coefficient (Wildman–Crippen LogP) is 4.17. The summed E-state index contributed by atoms with van der Waals surface area (Å²) < 4.78 is 33.0. The van der Waals surface area contributed by atoms with Gasteiger partial charge in [-0.05, 0) is 49.1 Å². The molecule has 12 nitrogen and oxygen atoms in total. The lowest BCUT2D eigenvalue weighted by Gasteiger charge is -2.17. The number of aromatic amines is 1. The highest BCUT2D eigenvalue weighted by Crippen LogP contribution is 2.31. The van der Waals surface area contributed by atoms with Crippen molar-refractivity contribution in [2.24, 2.45) is 0 Å². The summed E-state index contributed by atoms with van der Waals surface area (Å²) in [6.45, 7) is 3.59. The molecule has 0 aliphatic carbocycles. The molecule has 2 aromatic carbocycles. The molecule has 3 heterocycles. The summed E-state index contributed by atoms with van der Waals surface area (Å²) in [5.74, 6) is -1.95. The molecular weight excluding hydrogens is 528 g/mol. The molecule has 0 unspecified atom stereocenters. The van der Waals surface area contributed by atoms with Crippen LogP contribution in [0.3, 0.4) is 0 Å². The molecule has 3 aromatic heterocycles. The third-order valence-corrected chi connectivity index (χ3v) is 6.39. The minimum Gasteiger partial charge on any atom is -0.453 e. The van der Waals surface area contributed by atoms with Gasteiger partial charge in [-0.25, -0.2) is 14.6 Å². The number of aromatic nitrogens is 6. The molecule has 0 amide bonds. The number of tetrazole rings is 1. The maximum atomic E-state index is 13.6. The van der Waals surface area contributed by atoms with E-state index < -0.39 is 29.7 Å². The third-order valence-electron chi connectivity index (χ3n) is 6.39. The van der Waals surface area contributed by atoms with Crippen molar-refractivity contribution in [1.29, 1.82) is 0 Å². The Morgan fingerprint density at radius 3 is 2.49 bits per heavy atom. The van der Waals surface area contributed by atoms with Gasteiger partial charge in [0.1, 0.15) is 17.1 Å². The van der Waals surface area contributed by atoms with Gasteiger partial charge in [-0.1, -0.05) is 55.5 Å². The van der Waals surface area contributed by atoms with Crippen LogP contribution in [0.1, 0.15) is 69.0 Å². The minimum absolute atomic E-state index is 0.0350. The van der Waals surface area contributed by atoms with E-state index in [1.165, 1.54) is 20.8 Å². The molecule has 0 bridgehead atoms. The molecule has 12 heteroatoms. The molecule has 0 spiro atoms. The number of hydrogen-bond acceptors (Lipinski definition) is 10. The number of nitrogens with one attached hydrogen (secondary N) is 1. The summed E-state index contributed by atoms with van der Waals surface area (Å²) in [7, 11) is 0. The van der Waals surface area contributed by atoms with Crippen molar-refractivity contribution in [2.75, 3.05) is 0 Å². The molecule has 0 radical (unpaired) electrons. The second-order valence-corrected chi connectivity index (χ2v) is 9.93. The monoisotopic (exact) mass is 560 g/mol. The van der Waals surface area contributed by atoms with Crippen molar-refractivity contribution < 1.29 is 26.2 Å². The fourth-order valence-corrected chi connectivity index (χ4v) is 4.48. The molecule has 212 valence electrons.